The molecular formula is C13H19FN2O3. The summed E-state index contributed by atoms with van der Waals surface area (Å²) < 4.78 is 18.3. The van der Waals surface area contributed by atoms with Crippen molar-refractivity contribution in [3.8, 4) is 5.75 Å². The van der Waals surface area contributed by atoms with E-state index in [9.17, 15) is 14.5 Å². The second kappa shape index (κ2) is 6.47. The number of hydrogen-bond donors (Lipinski definition) is 1. The molecule has 5 nitrogen and oxygen atoms in total. The Hall–Kier alpha value is -1.69. The molecule has 0 aromatic heterocycles. The second-order valence-corrected chi connectivity index (χ2v) is 4.97. The molecule has 0 aliphatic carbocycles. The molecule has 0 heterocycles. The minimum Gasteiger partial charge on any atom is -0.494 e. The first kappa shape index (κ1) is 15.4. The standard InChI is InChI=1S/C13H19FN2O3/c1-8(2)4-10(15)5-9-6-13(19-3)11(14)7-12(9)16(17)18/h6-8,10H,4-5,15H2,1-3H3. The highest BCUT2D eigenvalue weighted by molar-refractivity contribution is 5.46. The second-order valence-electron chi connectivity index (χ2n) is 4.97. The van der Waals surface area contributed by atoms with Gasteiger partial charge in [0.2, 0.25) is 0 Å². The summed E-state index contributed by atoms with van der Waals surface area (Å²) in [7, 11) is 1.32. The van der Waals surface area contributed by atoms with Gasteiger partial charge in [0.15, 0.2) is 11.6 Å². The monoisotopic (exact) mass is 270 g/mol. The zero-order valence-corrected chi connectivity index (χ0v) is 11.4. The highest BCUT2D eigenvalue weighted by Crippen LogP contribution is 2.28. The summed E-state index contributed by atoms with van der Waals surface area (Å²) in [6, 6.07) is 2.04. The van der Waals surface area contributed by atoms with Crippen molar-refractivity contribution in [2.75, 3.05) is 7.11 Å². The maximum atomic E-state index is 13.5. The van der Waals surface area contributed by atoms with E-state index in [-0.39, 0.29) is 17.5 Å². The minimum atomic E-state index is -0.740. The molecule has 106 valence electrons. The number of nitro groups is 1. The Balaban J connectivity index is 3.06. The molecule has 1 atom stereocenters. The van der Waals surface area contributed by atoms with Crippen molar-refractivity contribution in [2.24, 2.45) is 11.7 Å². The summed E-state index contributed by atoms with van der Waals surface area (Å²) in [6.45, 7) is 4.05. The van der Waals surface area contributed by atoms with Gasteiger partial charge < -0.3 is 10.5 Å². The summed E-state index contributed by atoms with van der Waals surface area (Å²) in [6.07, 6.45) is 1.07. The number of nitrogens with two attached hydrogens (primary N) is 1. The van der Waals surface area contributed by atoms with E-state index in [1.54, 1.807) is 0 Å². The summed E-state index contributed by atoms with van der Waals surface area (Å²) >= 11 is 0. The van der Waals surface area contributed by atoms with Crippen LogP contribution in [0.4, 0.5) is 10.1 Å². The largest absolute Gasteiger partial charge is 0.494 e. The molecule has 0 spiro atoms. The highest BCUT2D eigenvalue weighted by Gasteiger charge is 2.21. The van der Waals surface area contributed by atoms with Crippen molar-refractivity contribution in [3.05, 3.63) is 33.6 Å². The number of halogens is 1. The highest BCUT2D eigenvalue weighted by atomic mass is 19.1. The molecule has 0 saturated carbocycles. The van der Waals surface area contributed by atoms with Crippen LogP contribution in [0.25, 0.3) is 0 Å². The maximum Gasteiger partial charge on any atom is 0.275 e. The lowest BCUT2D eigenvalue weighted by molar-refractivity contribution is -0.385. The Morgan fingerprint density at radius 1 is 1.47 bits per heavy atom. The van der Waals surface area contributed by atoms with E-state index in [1.165, 1.54) is 13.2 Å². The normalized spacial score (nSPS) is 12.5. The van der Waals surface area contributed by atoms with Gasteiger partial charge in [-0.15, -0.1) is 0 Å². The van der Waals surface area contributed by atoms with Gasteiger partial charge in [-0.2, -0.15) is 0 Å². The molecule has 0 fully saturated rings. The van der Waals surface area contributed by atoms with Crippen molar-refractivity contribution < 1.29 is 14.1 Å². The average molecular weight is 270 g/mol. The molecule has 0 radical (unpaired) electrons. The zero-order valence-electron chi connectivity index (χ0n) is 11.4. The molecule has 1 aromatic rings. The van der Waals surface area contributed by atoms with E-state index in [2.05, 4.69) is 0 Å². The molecule has 1 aromatic carbocycles. The number of hydrogen-bond acceptors (Lipinski definition) is 4. The number of ether oxygens (including phenoxy) is 1. The van der Waals surface area contributed by atoms with Gasteiger partial charge >= 0.3 is 0 Å². The third-order valence-corrected chi connectivity index (χ3v) is 2.81. The molecule has 1 unspecified atom stereocenters. The van der Waals surface area contributed by atoms with Crippen LogP contribution in [-0.4, -0.2) is 18.1 Å². The van der Waals surface area contributed by atoms with Gasteiger partial charge in [-0.3, -0.25) is 10.1 Å². The van der Waals surface area contributed by atoms with Gasteiger partial charge in [-0.1, -0.05) is 13.8 Å². The van der Waals surface area contributed by atoms with Crippen LogP contribution in [0, 0.1) is 21.8 Å². The third kappa shape index (κ3) is 4.17. The molecule has 0 bridgehead atoms. The van der Waals surface area contributed by atoms with Crippen molar-refractivity contribution in [1.82, 2.24) is 0 Å². The van der Waals surface area contributed by atoms with Crippen molar-refractivity contribution >= 4 is 5.69 Å². The molecular weight excluding hydrogens is 251 g/mol. The van der Waals surface area contributed by atoms with Crippen LogP contribution in [0.15, 0.2) is 12.1 Å². The Morgan fingerprint density at radius 2 is 2.11 bits per heavy atom. The number of nitrogens with zero attached hydrogens (tertiary/aromatic N) is 1. The molecule has 6 heteroatoms. The van der Waals surface area contributed by atoms with E-state index in [0.717, 1.165) is 12.5 Å². The Kier molecular flexibility index (Phi) is 5.23. The predicted octanol–water partition coefficient (Wildman–Crippen LogP) is 2.66. The minimum absolute atomic E-state index is 0.00246. The molecule has 0 amide bonds. The fourth-order valence-electron chi connectivity index (χ4n) is 2.05. The van der Waals surface area contributed by atoms with Crippen LogP contribution >= 0.6 is 0 Å². The summed E-state index contributed by atoms with van der Waals surface area (Å²) in [5.74, 6) is -0.343. The van der Waals surface area contributed by atoms with E-state index in [4.69, 9.17) is 10.5 Å². The maximum absolute atomic E-state index is 13.5. The average Bonchev–Trinajstić information content (AvgIpc) is 2.29. The number of rotatable bonds is 6. The zero-order chi connectivity index (χ0) is 14.6. The van der Waals surface area contributed by atoms with Gasteiger partial charge in [-0.05, 0) is 24.8 Å². The summed E-state index contributed by atoms with van der Waals surface area (Å²) in [5, 5.41) is 10.9. The van der Waals surface area contributed by atoms with Gasteiger partial charge in [0.1, 0.15) is 0 Å². The van der Waals surface area contributed by atoms with Gasteiger partial charge in [0.05, 0.1) is 18.1 Å². The predicted molar refractivity (Wildman–Crippen MR) is 70.7 cm³/mol. The van der Waals surface area contributed by atoms with E-state index < -0.39 is 10.7 Å². The van der Waals surface area contributed by atoms with Crippen LogP contribution in [0.1, 0.15) is 25.8 Å². The Labute approximate surface area is 111 Å². The van der Waals surface area contributed by atoms with Crippen LogP contribution < -0.4 is 10.5 Å². The summed E-state index contributed by atoms with van der Waals surface area (Å²) in [5.41, 5.74) is 6.10. The molecule has 2 N–H and O–H groups in total. The molecule has 0 saturated heterocycles. The Morgan fingerprint density at radius 3 is 2.58 bits per heavy atom. The van der Waals surface area contributed by atoms with E-state index >= 15 is 0 Å². The quantitative estimate of drug-likeness (QED) is 0.636. The van der Waals surface area contributed by atoms with E-state index in [1.807, 2.05) is 13.8 Å². The van der Waals surface area contributed by atoms with Crippen molar-refractivity contribution in [3.63, 3.8) is 0 Å². The first-order valence-corrected chi connectivity index (χ1v) is 6.11. The van der Waals surface area contributed by atoms with Gasteiger partial charge in [-0.25, -0.2) is 4.39 Å². The van der Waals surface area contributed by atoms with E-state index in [0.29, 0.717) is 17.9 Å². The SMILES string of the molecule is COc1cc(CC(N)CC(C)C)c([N+](=O)[O-])cc1F. The van der Waals surface area contributed by atoms with Crippen LogP contribution in [0.2, 0.25) is 0 Å². The molecule has 0 aliphatic heterocycles. The topological polar surface area (TPSA) is 78.4 Å². The van der Waals surface area contributed by atoms with Gasteiger partial charge in [0, 0.05) is 11.6 Å². The fourth-order valence-corrected chi connectivity index (χ4v) is 2.05. The van der Waals surface area contributed by atoms with Crippen LogP contribution in [0.5, 0.6) is 5.75 Å². The lowest BCUT2D eigenvalue weighted by Gasteiger charge is -2.14. The van der Waals surface area contributed by atoms with Crippen LogP contribution in [-0.2, 0) is 6.42 Å². The third-order valence-electron chi connectivity index (χ3n) is 2.81. The molecule has 1 rings (SSSR count). The Bertz CT molecular complexity index is 463. The van der Waals surface area contributed by atoms with Crippen molar-refractivity contribution in [1.29, 1.82) is 0 Å². The van der Waals surface area contributed by atoms with Crippen molar-refractivity contribution in [2.45, 2.75) is 32.7 Å². The van der Waals surface area contributed by atoms with Gasteiger partial charge in [0.25, 0.3) is 5.69 Å². The summed E-state index contributed by atoms with van der Waals surface area (Å²) in [4.78, 5) is 10.3. The first-order chi connectivity index (χ1) is 8.85. The molecule has 19 heavy (non-hydrogen) atoms. The number of benzene rings is 1. The molecule has 0 aliphatic rings. The fraction of sp³-hybridized carbons (Fsp3) is 0.538. The first-order valence-electron chi connectivity index (χ1n) is 6.11. The smallest absolute Gasteiger partial charge is 0.275 e. The number of methoxy groups -OCH3 is 1. The lowest BCUT2D eigenvalue weighted by atomic mass is 9.97. The van der Waals surface area contributed by atoms with Crippen LogP contribution in [0.3, 0.4) is 0 Å². The number of nitro benzene ring substituents is 1. The lowest BCUT2D eigenvalue weighted by Crippen LogP contribution is -2.25.